The molecular weight excluding hydrogens is 232 g/mol. The van der Waals surface area contributed by atoms with Crippen molar-refractivity contribution in [3.05, 3.63) is 53.6 Å². The van der Waals surface area contributed by atoms with Crippen molar-refractivity contribution in [3.63, 3.8) is 0 Å². The molecule has 0 radical (unpaired) electrons. The highest BCUT2D eigenvalue weighted by atomic mass is 16.5. The van der Waals surface area contributed by atoms with Gasteiger partial charge in [0.15, 0.2) is 17.3 Å². The van der Waals surface area contributed by atoms with Gasteiger partial charge in [0.25, 0.3) is 0 Å². The van der Waals surface area contributed by atoms with Crippen molar-refractivity contribution in [1.29, 1.82) is 0 Å². The molecular formula is C14H12O4. The fourth-order valence-electron chi connectivity index (χ4n) is 1.65. The largest absolute Gasteiger partial charge is 0.504 e. The molecule has 2 aromatic carbocycles. The van der Waals surface area contributed by atoms with Gasteiger partial charge in [0, 0.05) is 5.56 Å². The van der Waals surface area contributed by atoms with Gasteiger partial charge in [-0.3, -0.25) is 4.79 Å². The Morgan fingerprint density at radius 2 is 1.67 bits per heavy atom. The molecule has 0 aromatic heterocycles. The van der Waals surface area contributed by atoms with Gasteiger partial charge in [0.2, 0.25) is 5.75 Å². The first-order chi connectivity index (χ1) is 8.65. The van der Waals surface area contributed by atoms with Gasteiger partial charge in [-0.1, -0.05) is 30.3 Å². The standard InChI is InChI=1S/C14H12O4/c1-18-11-8-7-10(13(16)14(11)17)12(15)9-5-3-2-4-6-9/h2-8,16-17H,1H3. The summed E-state index contributed by atoms with van der Waals surface area (Å²) < 4.78 is 4.84. The van der Waals surface area contributed by atoms with Crippen molar-refractivity contribution < 1.29 is 19.7 Å². The molecule has 2 aromatic rings. The lowest BCUT2D eigenvalue weighted by atomic mass is 10.0. The molecule has 0 aliphatic rings. The maximum atomic E-state index is 12.1. The van der Waals surface area contributed by atoms with E-state index in [9.17, 15) is 15.0 Å². The van der Waals surface area contributed by atoms with Crippen molar-refractivity contribution in [2.45, 2.75) is 0 Å². The lowest BCUT2D eigenvalue weighted by Gasteiger charge is -2.09. The minimum Gasteiger partial charge on any atom is -0.504 e. The van der Waals surface area contributed by atoms with E-state index in [-0.39, 0.29) is 17.1 Å². The van der Waals surface area contributed by atoms with E-state index in [0.29, 0.717) is 5.56 Å². The molecule has 0 aliphatic heterocycles. The van der Waals surface area contributed by atoms with E-state index in [0.717, 1.165) is 0 Å². The van der Waals surface area contributed by atoms with Crippen LogP contribution in [-0.2, 0) is 0 Å². The molecule has 2 N–H and O–H groups in total. The number of hydrogen-bond donors (Lipinski definition) is 2. The molecule has 4 nitrogen and oxygen atoms in total. The van der Waals surface area contributed by atoms with E-state index in [1.165, 1.54) is 19.2 Å². The van der Waals surface area contributed by atoms with Crippen LogP contribution in [0.15, 0.2) is 42.5 Å². The van der Waals surface area contributed by atoms with Gasteiger partial charge in [0.05, 0.1) is 12.7 Å². The number of aromatic hydroxyl groups is 2. The lowest BCUT2D eigenvalue weighted by Crippen LogP contribution is -2.01. The molecule has 0 saturated heterocycles. The van der Waals surface area contributed by atoms with Crippen molar-refractivity contribution in [1.82, 2.24) is 0 Å². The van der Waals surface area contributed by atoms with Crippen molar-refractivity contribution in [3.8, 4) is 17.2 Å². The Labute approximate surface area is 104 Å². The van der Waals surface area contributed by atoms with Gasteiger partial charge in [-0.2, -0.15) is 0 Å². The van der Waals surface area contributed by atoms with Crippen molar-refractivity contribution in [2.75, 3.05) is 7.11 Å². The molecule has 4 heteroatoms. The van der Waals surface area contributed by atoms with Gasteiger partial charge >= 0.3 is 0 Å². The Balaban J connectivity index is 2.47. The van der Waals surface area contributed by atoms with Crippen LogP contribution in [0.3, 0.4) is 0 Å². The van der Waals surface area contributed by atoms with Crippen LogP contribution in [0.5, 0.6) is 17.2 Å². The minimum atomic E-state index is -0.469. The van der Waals surface area contributed by atoms with Crippen LogP contribution >= 0.6 is 0 Å². The maximum Gasteiger partial charge on any atom is 0.201 e. The zero-order valence-electron chi connectivity index (χ0n) is 9.75. The summed E-state index contributed by atoms with van der Waals surface area (Å²) in [5, 5.41) is 19.4. The molecule has 2 rings (SSSR count). The number of phenolic OH excluding ortho intramolecular Hbond substituents is 2. The van der Waals surface area contributed by atoms with Crippen LogP contribution in [0, 0.1) is 0 Å². The first kappa shape index (κ1) is 12.0. The van der Waals surface area contributed by atoms with Crippen LogP contribution in [-0.4, -0.2) is 23.1 Å². The van der Waals surface area contributed by atoms with E-state index < -0.39 is 11.5 Å². The molecule has 0 unspecified atom stereocenters. The smallest absolute Gasteiger partial charge is 0.201 e. The van der Waals surface area contributed by atoms with Gasteiger partial charge in [-0.15, -0.1) is 0 Å². The number of ether oxygens (including phenoxy) is 1. The second-order valence-corrected chi connectivity index (χ2v) is 3.71. The number of methoxy groups -OCH3 is 1. The van der Waals surface area contributed by atoms with Crippen LogP contribution in [0.2, 0.25) is 0 Å². The molecule has 0 saturated carbocycles. The van der Waals surface area contributed by atoms with Crippen LogP contribution in [0.1, 0.15) is 15.9 Å². The Hall–Kier alpha value is -2.49. The van der Waals surface area contributed by atoms with E-state index >= 15 is 0 Å². The molecule has 0 heterocycles. The SMILES string of the molecule is COc1ccc(C(=O)c2ccccc2)c(O)c1O. The Morgan fingerprint density at radius 1 is 1.00 bits per heavy atom. The number of ketones is 1. The summed E-state index contributed by atoms with van der Waals surface area (Å²) in [4.78, 5) is 12.1. The third kappa shape index (κ3) is 2.00. The van der Waals surface area contributed by atoms with Crippen LogP contribution < -0.4 is 4.74 Å². The number of rotatable bonds is 3. The topological polar surface area (TPSA) is 66.8 Å². The summed E-state index contributed by atoms with van der Waals surface area (Å²) in [6.45, 7) is 0. The minimum absolute atomic E-state index is 0.0412. The number of carbonyl (C=O) groups excluding carboxylic acids is 1. The predicted molar refractivity (Wildman–Crippen MR) is 66.2 cm³/mol. The van der Waals surface area contributed by atoms with E-state index in [4.69, 9.17) is 4.74 Å². The van der Waals surface area contributed by atoms with Crippen molar-refractivity contribution in [2.24, 2.45) is 0 Å². The Bertz CT molecular complexity index is 576. The first-order valence-corrected chi connectivity index (χ1v) is 5.34. The first-order valence-electron chi connectivity index (χ1n) is 5.34. The summed E-state index contributed by atoms with van der Waals surface area (Å²) in [5.41, 5.74) is 0.483. The lowest BCUT2D eigenvalue weighted by molar-refractivity contribution is 0.103. The normalized spacial score (nSPS) is 10.1. The highest BCUT2D eigenvalue weighted by Gasteiger charge is 2.18. The summed E-state index contributed by atoms with van der Waals surface area (Å²) >= 11 is 0. The Kier molecular flexibility index (Phi) is 3.19. The van der Waals surface area contributed by atoms with Crippen molar-refractivity contribution >= 4 is 5.78 Å². The van der Waals surface area contributed by atoms with Crippen LogP contribution in [0.25, 0.3) is 0 Å². The molecule has 0 aliphatic carbocycles. The number of phenols is 2. The number of carbonyl (C=O) groups is 1. The van der Waals surface area contributed by atoms with Gasteiger partial charge < -0.3 is 14.9 Å². The zero-order chi connectivity index (χ0) is 13.1. The average molecular weight is 244 g/mol. The second-order valence-electron chi connectivity index (χ2n) is 3.71. The quantitative estimate of drug-likeness (QED) is 0.642. The number of hydrogen-bond acceptors (Lipinski definition) is 4. The summed E-state index contributed by atoms with van der Waals surface area (Å²) in [6.07, 6.45) is 0. The van der Waals surface area contributed by atoms with Crippen LogP contribution in [0.4, 0.5) is 0 Å². The zero-order valence-corrected chi connectivity index (χ0v) is 9.75. The molecule has 0 amide bonds. The van der Waals surface area contributed by atoms with Gasteiger partial charge in [-0.05, 0) is 12.1 Å². The fraction of sp³-hybridized carbons (Fsp3) is 0.0714. The Morgan fingerprint density at radius 3 is 2.28 bits per heavy atom. The molecule has 0 atom stereocenters. The van der Waals surface area contributed by atoms with Gasteiger partial charge in [0.1, 0.15) is 0 Å². The molecule has 92 valence electrons. The highest BCUT2D eigenvalue weighted by molar-refractivity contribution is 6.11. The predicted octanol–water partition coefficient (Wildman–Crippen LogP) is 2.34. The van der Waals surface area contributed by atoms with E-state index in [1.807, 2.05) is 0 Å². The highest BCUT2D eigenvalue weighted by Crippen LogP contribution is 2.38. The third-order valence-electron chi connectivity index (χ3n) is 2.61. The molecule has 0 fully saturated rings. The maximum absolute atomic E-state index is 12.1. The molecule has 0 bridgehead atoms. The second kappa shape index (κ2) is 4.79. The summed E-state index contributed by atoms with van der Waals surface area (Å²) in [7, 11) is 1.37. The van der Waals surface area contributed by atoms with E-state index in [1.54, 1.807) is 30.3 Å². The number of benzene rings is 2. The van der Waals surface area contributed by atoms with Gasteiger partial charge in [-0.25, -0.2) is 0 Å². The molecule has 0 spiro atoms. The van der Waals surface area contributed by atoms with E-state index in [2.05, 4.69) is 0 Å². The third-order valence-corrected chi connectivity index (χ3v) is 2.61. The average Bonchev–Trinajstić information content (AvgIpc) is 2.42. The summed E-state index contributed by atoms with van der Waals surface area (Å²) in [5.74, 6) is -1.13. The monoisotopic (exact) mass is 244 g/mol. The molecule has 18 heavy (non-hydrogen) atoms. The fourth-order valence-corrected chi connectivity index (χ4v) is 1.65. The summed E-state index contributed by atoms with van der Waals surface area (Å²) in [6, 6.07) is 11.4.